The Kier molecular flexibility index (Phi) is 3.21. The molecule has 1 aliphatic rings. The highest BCUT2D eigenvalue weighted by atomic mass is 16.4. The Labute approximate surface area is 121 Å². The van der Waals surface area contributed by atoms with E-state index < -0.39 is 11.9 Å². The molecule has 1 aromatic carbocycles. The van der Waals surface area contributed by atoms with E-state index in [1.165, 1.54) is 6.92 Å². The molecule has 1 aliphatic carbocycles. The molecule has 0 fully saturated rings. The Hall–Kier alpha value is -2.63. The number of fused-ring (bicyclic) bond motifs is 1. The standard InChI is InChI=1S/C15H15N3O3/c1-8(19)16-10-4-2-3-9(7-10)14-17-12-6-5-11(15(20)21)13(12)18-14/h2-4,7,11H,5-6H2,1H3,(H,16,19)(H,17,18)(H,20,21). The maximum absolute atomic E-state index is 11.2. The number of hydrogen-bond acceptors (Lipinski definition) is 3. The third-order valence-corrected chi connectivity index (χ3v) is 3.58. The molecule has 6 nitrogen and oxygen atoms in total. The number of nitrogens with one attached hydrogen (secondary N) is 2. The smallest absolute Gasteiger partial charge is 0.312 e. The zero-order chi connectivity index (χ0) is 15.0. The highest BCUT2D eigenvalue weighted by molar-refractivity contribution is 5.89. The fourth-order valence-corrected chi connectivity index (χ4v) is 2.65. The molecule has 0 bridgehead atoms. The SMILES string of the molecule is CC(=O)Nc1cccc(-c2nc3c([nH]2)CCC3C(=O)O)c1. The highest BCUT2D eigenvalue weighted by Crippen LogP contribution is 2.33. The van der Waals surface area contributed by atoms with Gasteiger partial charge in [-0.05, 0) is 25.0 Å². The van der Waals surface area contributed by atoms with Crippen LogP contribution in [0, 0.1) is 0 Å². The number of nitrogens with zero attached hydrogens (tertiary/aromatic N) is 1. The van der Waals surface area contributed by atoms with Gasteiger partial charge in [0.25, 0.3) is 0 Å². The van der Waals surface area contributed by atoms with Crippen LogP contribution in [0.2, 0.25) is 0 Å². The first-order valence-electron chi connectivity index (χ1n) is 6.74. The van der Waals surface area contributed by atoms with Crippen LogP contribution < -0.4 is 5.32 Å². The molecule has 6 heteroatoms. The van der Waals surface area contributed by atoms with E-state index in [4.69, 9.17) is 0 Å². The van der Waals surface area contributed by atoms with Crippen LogP contribution in [0.1, 0.15) is 30.7 Å². The number of amides is 1. The molecule has 1 amide bonds. The van der Waals surface area contributed by atoms with Gasteiger partial charge in [-0.1, -0.05) is 12.1 Å². The maximum Gasteiger partial charge on any atom is 0.312 e. The largest absolute Gasteiger partial charge is 0.481 e. The van der Waals surface area contributed by atoms with Crippen LogP contribution in [0.4, 0.5) is 5.69 Å². The van der Waals surface area contributed by atoms with Crippen molar-refractivity contribution in [3.05, 3.63) is 35.7 Å². The minimum atomic E-state index is -0.834. The molecule has 3 rings (SSSR count). The Morgan fingerprint density at radius 1 is 1.43 bits per heavy atom. The number of carbonyl (C=O) groups excluding carboxylic acids is 1. The van der Waals surface area contributed by atoms with Gasteiger partial charge in [-0.25, -0.2) is 4.98 Å². The molecule has 0 radical (unpaired) electrons. The molecule has 0 aliphatic heterocycles. The van der Waals surface area contributed by atoms with Crippen molar-refractivity contribution in [3.63, 3.8) is 0 Å². The summed E-state index contributed by atoms with van der Waals surface area (Å²) in [5, 5.41) is 11.9. The first-order valence-corrected chi connectivity index (χ1v) is 6.74. The van der Waals surface area contributed by atoms with Crippen molar-refractivity contribution < 1.29 is 14.7 Å². The van der Waals surface area contributed by atoms with Gasteiger partial charge in [0.15, 0.2) is 0 Å². The molecule has 108 valence electrons. The molecule has 3 N–H and O–H groups in total. The summed E-state index contributed by atoms with van der Waals surface area (Å²) in [5.41, 5.74) is 3.02. The van der Waals surface area contributed by atoms with Crippen molar-refractivity contribution >= 4 is 17.6 Å². The molecule has 1 aromatic heterocycles. The number of carboxylic acids is 1. The number of H-pyrrole nitrogens is 1. The van der Waals surface area contributed by atoms with Gasteiger partial charge in [-0.3, -0.25) is 9.59 Å². The number of aromatic amines is 1. The Balaban J connectivity index is 1.94. The number of benzene rings is 1. The average Bonchev–Trinajstić information content (AvgIpc) is 2.97. The topological polar surface area (TPSA) is 95.1 Å². The number of aliphatic carboxylic acids is 1. The molecule has 0 spiro atoms. The van der Waals surface area contributed by atoms with E-state index in [0.717, 1.165) is 11.3 Å². The van der Waals surface area contributed by atoms with Crippen molar-refractivity contribution in [2.24, 2.45) is 0 Å². The van der Waals surface area contributed by atoms with Crippen LogP contribution in [0.25, 0.3) is 11.4 Å². The Bertz CT molecular complexity index is 721. The zero-order valence-corrected chi connectivity index (χ0v) is 11.5. The summed E-state index contributed by atoms with van der Waals surface area (Å²) in [5.74, 6) is -0.861. The molecule has 21 heavy (non-hydrogen) atoms. The Morgan fingerprint density at radius 2 is 2.24 bits per heavy atom. The Morgan fingerprint density at radius 3 is 2.95 bits per heavy atom. The molecule has 2 aromatic rings. The second-order valence-electron chi connectivity index (χ2n) is 5.14. The predicted molar refractivity (Wildman–Crippen MR) is 77.0 cm³/mol. The van der Waals surface area contributed by atoms with Crippen molar-refractivity contribution in [3.8, 4) is 11.4 Å². The van der Waals surface area contributed by atoms with E-state index in [9.17, 15) is 14.7 Å². The lowest BCUT2D eigenvalue weighted by atomic mass is 10.1. The summed E-state index contributed by atoms with van der Waals surface area (Å²) in [6.45, 7) is 1.45. The van der Waals surface area contributed by atoms with Gasteiger partial charge in [0.1, 0.15) is 11.7 Å². The molecule has 1 atom stereocenters. The molecular weight excluding hydrogens is 270 g/mol. The van der Waals surface area contributed by atoms with Gasteiger partial charge >= 0.3 is 5.97 Å². The monoisotopic (exact) mass is 285 g/mol. The lowest BCUT2D eigenvalue weighted by Crippen LogP contribution is -2.08. The number of anilines is 1. The predicted octanol–water partition coefficient (Wildman–Crippen LogP) is 2.15. The molecule has 1 unspecified atom stereocenters. The van der Waals surface area contributed by atoms with Gasteiger partial charge in [0.05, 0.1) is 5.69 Å². The number of hydrogen-bond donors (Lipinski definition) is 3. The summed E-state index contributed by atoms with van der Waals surface area (Å²) in [7, 11) is 0. The van der Waals surface area contributed by atoms with Crippen molar-refractivity contribution in [1.82, 2.24) is 9.97 Å². The van der Waals surface area contributed by atoms with Crippen LogP contribution in [0.3, 0.4) is 0 Å². The van der Waals surface area contributed by atoms with Gasteiger partial charge in [-0.2, -0.15) is 0 Å². The number of carbonyl (C=O) groups is 2. The minimum Gasteiger partial charge on any atom is -0.481 e. The van der Waals surface area contributed by atoms with Crippen molar-refractivity contribution in [2.75, 3.05) is 5.32 Å². The van der Waals surface area contributed by atoms with Crippen LogP contribution in [-0.2, 0) is 16.0 Å². The van der Waals surface area contributed by atoms with Gasteiger partial charge in [-0.15, -0.1) is 0 Å². The van der Waals surface area contributed by atoms with Crippen LogP contribution in [0.15, 0.2) is 24.3 Å². The van der Waals surface area contributed by atoms with Crippen LogP contribution in [-0.4, -0.2) is 27.0 Å². The van der Waals surface area contributed by atoms with Gasteiger partial charge < -0.3 is 15.4 Å². The van der Waals surface area contributed by atoms with E-state index in [0.29, 0.717) is 30.0 Å². The quantitative estimate of drug-likeness (QED) is 0.805. The molecule has 0 saturated heterocycles. The van der Waals surface area contributed by atoms with E-state index >= 15 is 0 Å². The lowest BCUT2D eigenvalue weighted by molar-refractivity contribution is -0.138. The van der Waals surface area contributed by atoms with Gasteiger partial charge in [0.2, 0.25) is 5.91 Å². The molecular formula is C15H15N3O3. The fourth-order valence-electron chi connectivity index (χ4n) is 2.65. The number of rotatable bonds is 3. The maximum atomic E-state index is 11.2. The van der Waals surface area contributed by atoms with E-state index in [-0.39, 0.29) is 5.91 Å². The summed E-state index contributed by atoms with van der Waals surface area (Å²) < 4.78 is 0. The van der Waals surface area contributed by atoms with Crippen molar-refractivity contribution in [2.45, 2.75) is 25.7 Å². The lowest BCUT2D eigenvalue weighted by Gasteiger charge is -2.04. The summed E-state index contributed by atoms with van der Waals surface area (Å²) >= 11 is 0. The summed E-state index contributed by atoms with van der Waals surface area (Å²) in [4.78, 5) is 29.9. The second-order valence-corrected chi connectivity index (χ2v) is 5.14. The van der Waals surface area contributed by atoms with E-state index in [2.05, 4.69) is 15.3 Å². The van der Waals surface area contributed by atoms with E-state index in [1.54, 1.807) is 6.07 Å². The third-order valence-electron chi connectivity index (χ3n) is 3.58. The number of aryl methyl sites for hydroxylation is 1. The summed E-state index contributed by atoms with van der Waals surface area (Å²) in [6, 6.07) is 7.30. The minimum absolute atomic E-state index is 0.139. The third kappa shape index (κ3) is 2.52. The van der Waals surface area contributed by atoms with Gasteiger partial charge in [0, 0.05) is 23.9 Å². The first-order chi connectivity index (χ1) is 10.0. The fraction of sp³-hybridized carbons (Fsp3) is 0.267. The van der Waals surface area contributed by atoms with Crippen LogP contribution in [0.5, 0.6) is 0 Å². The highest BCUT2D eigenvalue weighted by Gasteiger charge is 2.32. The molecule has 1 heterocycles. The van der Waals surface area contributed by atoms with Crippen LogP contribution >= 0.6 is 0 Å². The van der Waals surface area contributed by atoms with E-state index in [1.807, 2.05) is 18.2 Å². The first kappa shape index (κ1) is 13.4. The average molecular weight is 285 g/mol. The number of imidazole rings is 1. The second kappa shape index (κ2) is 5.05. The molecule has 0 saturated carbocycles. The normalized spacial score (nSPS) is 16.5. The number of carboxylic acid groups (broad SMARTS) is 1. The summed E-state index contributed by atoms with van der Waals surface area (Å²) in [6.07, 6.45) is 1.29. The van der Waals surface area contributed by atoms with Crippen molar-refractivity contribution in [1.29, 1.82) is 0 Å². The zero-order valence-electron chi connectivity index (χ0n) is 11.5. The number of aromatic nitrogens is 2.